The van der Waals surface area contributed by atoms with E-state index in [2.05, 4.69) is 16.2 Å². The molecule has 0 spiro atoms. The highest BCUT2D eigenvalue weighted by molar-refractivity contribution is 7.88. The molecule has 0 radical (unpaired) electrons. The molecular formula is C17H31N3O2S. The molecular weight excluding hydrogens is 310 g/mol. The van der Waals surface area contributed by atoms with Crippen molar-refractivity contribution >= 4 is 10.0 Å². The molecule has 2 rings (SSSR count). The van der Waals surface area contributed by atoms with Gasteiger partial charge in [0.1, 0.15) is 0 Å². The Morgan fingerprint density at radius 3 is 2.48 bits per heavy atom. The topological polar surface area (TPSA) is 75.4 Å². The molecule has 0 aromatic heterocycles. The summed E-state index contributed by atoms with van der Waals surface area (Å²) in [5, 5.41) is 0. The fourth-order valence-corrected chi connectivity index (χ4v) is 4.85. The summed E-state index contributed by atoms with van der Waals surface area (Å²) in [6, 6.07) is 0.128. The van der Waals surface area contributed by atoms with Crippen LogP contribution in [0.2, 0.25) is 0 Å². The Kier molecular flexibility index (Phi) is 6.28. The molecule has 2 aliphatic rings. The third kappa shape index (κ3) is 5.62. The number of rotatable bonds is 6. The van der Waals surface area contributed by atoms with Crippen LogP contribution in [0.4, 0.5) is 0 Å². The maximum absolute atomic E-state index is 11.3. The number of nitrogens with one attached hydrogen (secondary N) is 1. The second kappa shape index (κ2) is 7.81. The van der Waals surface area contributed by atoms with E-state index < -0.39 is 10.0 Å². The van der Waals surface area contributed by atoms with Crippen molar-refractivity contribution in [1.29, 1.82) is 0 Å². The SMILES string of the molecule is C=C(C)/C(=C\N)C1CCN(CC2CCC(NS(C)(=O)=O)CC2)C1. The molecule has 1 heterocycles. The smallest absolute Gasteiger partial charge is 0.208 e. The van der Waals surface area contributed by atoms with E-state index >= 15 is 0 Å². The van der Waals surface area contributed by atoms with E-state index in [0.29, 0.717) is 11.8 Å². The van der Waals surface area contributed by atoms with Gasteiger partial charge in [0, 0.05) is 19.1 Å². The summed E-state index contributed by atoms with van der Waals surface area (Å²) >= 11 is 0. The highest BCUT2D eigenvalue weighted by atomic mass is 32.2. The van der Waals surface area contributed by atoms with Gasteiger partial charge in [0.2, 0.25) is 10.0 Å². The average Bonchev–Trinajstić information content (AvgIpc) is 2.88. The van der Waals surface area contributed by atoms with E-state index in [1.54, 1.807) is 6.20 Å². The van der Waals surface area contributed by atoms with E-state index in [4.69, 9.17) is 5.73 Å². The minimum atomic E-state index is -3.08. The lowest BCUT2D eigenvalue weighted by molar-refractivity contribution is 0.217. The number of allylic oxidation sites excluding steroid dienone is 1. The van der Waals surface area contributed by atoms with Crippen LogP contribution >= 0.6 is 0 Å². The summed E-state index contributed by atoms with van der Waals surface area (Å²) in [5.74, 6) is 1.20. The van der Waals surface area contributed by atoms with Gasteiger partial charge in [-0.25, -0.2) is 13.1 Å². The number of likely N-dealkylation sites (tertiary alicyclic amines) is 1. The lowest BCUT2D eigenvalue weighted by atomic mass is 9.86. The van der Waals surface area contributed by atoms with Crippen molar-refractivity contribution in [1.82, 2.24) is 9.62 Å². The zero-order valence-corrected chi connectivity index (χ0v) is 15.2. The van der Waals surface area contributed by atoms with Crippen LogP contribution in [-0.4, -0.2) is 45.2 Å². The van der Waals surface area contributed by atoms with Gasteiger partial charge in [-0.2, -0.15) is 0 Å². The van der Waals surface area contributed by atoms with Crippen LogP contribution in [0.3, 0.4) is 0 Å². The standard InChI is InChI=1S/C17H31N3O2S/c1-13(2)17(10-18)15-8-9-20(12-15)11-14-4-6-16(7-5-14)19-23(3,21)22/h10,14-16,19H,1,4-9,11-12,18H2,2-3H3/b17-10+. The first-order chi connectivity index (χ1) is 10.8. The van der Waals surface area contributed by atoms with Gasteiger partial charge in [-0.15, -0.1) is 0 Å². The van der Waals surface area contributed by atoms with Gasteiger partial charge in [-0.3, -0.25) is 0 Å². The van der Waals surface area contributed by atoms with Gasteiger partial charge in [-0.1, -0.05) is 12.2 Å². The number of sulfonamides is 1. The normalized spacial score (nSPS) is 30.5. The van der Waals surface area contributed by atoms with Crippen molar-refractivity contribution in [2.24, 2.45) is 17.6 Å². The van der Waals surface area contributed by atoms with E-state index in [1.165, 1.54) is 11.8 Å². The molecule has 23 heavy (non-hydrogen) atoms. The molecule has 3 N–H and O–H groups in total. The molecule has 6 heteroatoms. The van der Waals surface area contributed by atoms with E-state index in [1.807, 2.05) is 6.92 Å². The van der Waals surface area contributed by atoms with Crippen LogP contribution in [0.5, 0.6) is 0 Å². The summed E-state index contributed by atoms with van der Waals surface area (Å²) < 4.78 is 25.3. The van der Waals surface area contributed by atoms with Gasteiger partial charge in [0.05, 0.1) is 6.26 Å². The van der Waals surface area contributed by atoms with Gasteiger partial charge in [-0.05, 0) is 69.2 Å². The van der Waals surface area contributed by atoms with E-state index in [-0.39, 0.29) is 6.04 Å². The van der Waals surface area contributed by atoms with Crippen LogP contribution < -0.4 is 10.5 Å². The van der Waals surface area contributed by atoms with Crippen molar-refractivity contribution in [2.45, 2.75) is 45.1 Å². The Morgan fingerprint density at radius 1 is 1.30 bits per heavy atom. The Balaban J connectivity index is 1.76. The molecule has 0 amide bonds. The Hall–Kier alpha value is -0.850. The molecule has 1 unspecified atom stereocenters. The van der Waals surface area contributed by atoms with E-state index in [0.717, 1.165) is 57.3 Å². The lowest BCUT2D eigenvalue weighted by Gasteiger charge is -2.31. The van der Waals surface area contributed by atoms with Gasteiger partial charge in [0.15, 0.2) is 0 Å². The van der Waals surface area contributed by atoms with Gasteiger partial charge >= 0.3 is 0 Å². The summed E-state index contributed by atoms with van der Waals surface area (Å²) in [4.78, 5) is 2.53. The minimum absolute atomic E-state index is 0.128. The predicted octanol–water partition coefficient (Wildman–Crippen LogP) is 1.84. The maximum atomic E-state index is 11.3. The number of hydrogen-bond acceptors (Lipinski definition) is 4. The lowest BCUT2D eigenvalue weighted by Crippen LogP contribution is -2.39. The summed E-state index contributed by atoms with van der Waals surface area (Å²) in [5.41, 5.74) is 8.03. The largest absolute Gasteiger partial charge is 0.404 e. The van der Waals surface area contributed by atoms with Crippen LogP contribution in [0.15, 0.2) is 23.9 Å². The molecule has 132 valence electrons. The maximum Gasteiger partial charge on any atom is 0.208 e. The fourth-order valence-electron chi connectivity index (χ4n) is 4.01. The zero-order valence-electron chi connectivity index (χ0n) is 14.4. The third-order valence-corrected chi connectivity index (χ3v) is 5.89. The molecule has 1 aliphatic carbocycles. The predicted molar refractivity (Wildman–Crippen MR) is 95.4 cm³/mol. The highest BCUT2D eigenvalue weighted by Crippen LogP contribution is 2.31. The summed E-state index contributed by atoms with van der Waals surface area (Å²) in [7, 11) is -3.08. The van der Waals surface area contributed by atoms with Crippen molar-refractivity contribution in [2.75, 3.05) is 25.9 Å². The Labute approximate surface area is 141 Å². The van der Waals surface area contributed by atoms with Crippen molar-refractivity contribution in [3.63, 3.8) is 0 Å². The molecule has 1 saturated carbocycles. The molecule has 1 aliphatic heterocycles. The van der Waals surface area contributed by atoms with Gasteiger partial charge in [0.25, 0.3) is 0 Å². The summed E-state index contributed by atoms with van der Waals surface area (Å²) in [6.45, 7) is 9.36. The Bertz CT molecular complexity index is 548. The molecule has 0 aromatic rings. The molecule has 0 aromatic carbocycles. The number of nitrogens with zero attached hydrogens (tertiary/aromatic N) is 1. The van der Waals surface area contributed by atoms with Crippen LogP contribution in [0.1, 0.15) is 39.0 Å². The van der Waals surface area contributed by atoms with Crippen molar-refractivity contribution < 1.29 is 8.42 Å². The minimum Gasteiger partial charge on any atom is -0.404 e. The van der Waals surface area contributed by atoms with Crippen LogP contribution in [0, 0.1) is 11.8 Å². The van der Waals surface area contributed by atoms with Crippen LogP contribution in [0.25, 0.3) is 0 Å². The third-order valence-electron chi connectivity index (χ3n) is 5.13. The first kappa shape index (κ1) is 18.5. The van der Waals surface area contributed by atoms with Crippen LogP contribution in [-0.2, 0) is 10.0 Å². The fraction of sp³-hybridized carbons (Fsp3) is 0.765. The Morgan fingerprint density at radius 2 is 1.96 bits per heavy atom. The van der Waals surface area contributed by atoms with Gasteiger partial charge < -0.3 is 10.6 Å². The second-order valence-electron chi connectivity index (χ2n) is 7.26. The monoisotopic (exact) mass is 341 g/mol. The number of hydrogen-bond donors (Lipinski definition) is 2. The second-order valence-corrected chi connectivity index (χ2v) is 9.04. The average molecular weight is 342 g/mol. The molecule has 5 nitrogen and oxygen atoms in total. The molecule has 2 fully saturated rings. The van der Waals surface area contributed by atoms with E-state index in [9.17, 15) is 8.42 Å². The quantitative estimate of drug-likeness (QED) is 0.723. The zero-order chi connectivity index (χ0) is 17.0. The first-order valence-corrected chi connectivity index (χ1v) is 10.4. The molecule has 1 saturated heterocycles. The first-order valence-electron chi connectivity index (χ1n) is 8.56. The van der Waals surface area contributed by atoms with Crippen molar-refractivity contribution in [3.05, 3.63) is 23.9 Å². The van der Waals surface area contributed by atoms with Crippen molar-refractivity contribution in [3.8, 4) is 0 Å². The number of nitrogens with two attached hydrogens (primary N) is 1. The highest BCUT2D eigenvalue weighted by Gasteiger charge is 2.29. The molecule has 0 bridgehead atoms. The molecule has 1 atom stereocenters. The summed E-state index contributed by atoms with van der Waals surface area (Å²) in [6.07, 6.45) is 8.24.